The number of benzene rings is 1. The molecule has 0 fully saturated rings. The van der Waals surface area contributed by atoms with E-state index < -0.39 is 5.60 Å². The summed E-state index contributed by atoms with van der Waals surface area (Å²) in [5.41, 5.74) is 0.0482. The minimum absolute atomic E-state index is 0.124. The predicted octanol–water partition coefficient (Wildman–Crippen LogP) is 3.09. The molecule has 0 saturated heterocycles. The number of hydrogen-bond acceptors (Lipinski definition) is 2. The van der Waals surface area contributed by atoms with Crippen LogP contribution in [0.25, 0.3) is 0 Å². The second-order valence-electron chi connectivity index (χ2n) is 4.29. The first-order chi connectivity index (χ1) is 6.97. The summed E-state index contributed by atoms with van der Waals surface area (Å²) in [7, 11) is 0. The molecule has 0 aliphatic heterocycles. The molecule has 0 bridgehead atoms. The highest BCUT2D eigenvalue weighted by Crippen LogP contribution is 2.32. The van der Waals surface area contributed by atoms with Crippen molar-refractivity contribution in [2.45, 2.75) is 45.8 Å². The van der Waals surface area contributed by atoms with E-state index in [-0.39, 0.29) is 6.10 Å². The maximum atomic E-state index is 10.2. The fourth-order valence-corrected chi connectivity index (χ4v) is 1.46. The lowest BCUT2D eigenvalue weighted by molar-refractivity contribution is 0.0486. The monoisotopic (exact) mass is 208 g/mol. The van der Waals surface area contributed by atoms with Gasteiger partial charge in [-0.3, -0.25) is 0 Å². The Hall–Kier alpha value is -1.02. The summed E-state index contributed by atoms with van der Waals surface area (Å²) < 4.78 is 5.67. The Balaban J connectivity index is 3.06. The highest BCUT2D eigenvalue weighted by atomic mass is 16.5. The van der Waals surface area contributed by atoms with Crippen molar-refractivity contribution < 1.29 is 9.84 Å². The van der Waals surface area contributed by atoms with Gasteiger partial charge in [-0.15, -0.1) is 0 Å². The van der Waals surface area contributed by atoms with Gasteiger partial charge in [0.25, 0.3) is 0 Å². The molecule has 0 aliphatic rings. The van der Waals surface area contributed by atoms with E-state index >= 15 is 0 Å². The van der Waals surface area contributed by atoms with E-state index in [0.29, 0.717) is 6.42 Å². The van der Waals surface area contributed by atoms with Gasteiger partial charge in [-0.05, 0) is 33.3 Å². The molecule has 0 heterocycles. The first-order valence-electron chi connectivity index (χ1n) is 5.46. The highest BCUT2D eigenvalue weighted by molar-refractivity contribution is 5.37. The zero-order valence-electron chi connectivity index (χ0n) is 9.95. The molecule has 2 nitrogen and oxygen atoms in total. The number of aliphatic hydroxyl groups is 1. The zero-order valence-corrected chi connectivity index (χ0v) is 9.95. The molecule has 84 valence electrons. The minimum Gasteiger partial charge on any atom is -0.491 e. The Morgan fingerprint density at radius 1 is 1.33 bits per heavy atom. The zero-order chi connectivity index (χ0) is 11.5. The van der Waals surface area contributed by atoms with E-state index in [1.807, 2.05) is 52.0 Å². The van der Waals surface area contributed by atoms with Crippen LogP contribution in [-0.4, -0.2) is 11.2 Å². The van der Waals surface area contributed by atoms with Crippen molar-refractivity contribution in [3.63, 3.8) is 0 Å². The van der Waals surface area contributed by atoms with Crippen molar-refractivity contribution >= 4 is 0 Å². The Kier molecular flexibility index (Phi) is 3.75. The normalized spacial score (nSPS) is 15.1. The molecule has 0 aromatic heterocycles. The molecular formula is C13H20O2. The molecule has 1 rings (SSSR count). The molecule has 0 saturated carbocycles. The Morgan fingerprint density at radius 3 is 2.47 bits per heavy atom. The number of rotatable bonds is 4. The smallest absolute Gasteiger partial charge is 0.125 e. The van der Waals surface area contributed by atoms with E-state index in [9.17, 15) is 5.11 Å². The van der Waals surface area contributed by atoms with E-state index in [4.69, 9.17) is 4.74 Å². The van der Waals surface area contributed by atoms with Crippen LogP contribution in [0.1, 0.15) is 39.7 Å². The van der Waals surface area contributed by atoms with Gasteiger partial charge in [0.1, 0.15) is 5.75 Å². The van der Waals surface area contributed by atoms with Crippen molar-refractivity contribution in [3.05, 3.63) is 29.8 Å². The van der Waals surface area contributed by atoms with Crippen molar-refractivity contribution in [2.75, 3.05) is 0 Å². The van der Waals surface area contributed by atoms with Gasteiger partial charge >= 0.3 is 0 Å². The van der Waals surface area contributed by atoms with Crippen LogP contribution in [0.5, 0.6) is 5.75 Å². The first kappa shape index (κ1) is 12.1. The lowest BCUT2D eigenvalue weighted by Gasteiger charge is -2.25. The lowest BCUT2D eigenvalue weighted by atomic mass is 9.92. The third-order valence-corrected chi connectivity index (χ3v) is 2.52. The maximum Gasteiger partial charge on any atom is 0.125 e. The second-order valence-corrected chi connectivity index (χ2v) is 4.29. The summed E-state index contributed by atoms with van der Waals surface area (Å²) in [6.45, 7) is 7.75. The van der Waals surface area contributed by atoms with Gasteiger partial charge in [-0.25, -0.2) is 0 Å². The van der Waals surface area contributed by atoms with Crippen LogP contribution < -0.4 is 4.74 Å². The van der Waals surface area contributed by atoms with E-state index in [1.54, 1.807) is 0 Å². The Bertz CT molecular complexity index is 316. The summed E-state index contributed by atoms with van der Waals surface area (Å²) in [4.78, 5) is 0. The summed E-state index contributed by atoms with van der Waals surface area (Å²) in [5.74, 6) is 0.777. The van der Waals surface area contributed by atoms with E-state index in [1.165, 1.54) is 0 Å². The van der Waals surface area contributed by atoms with Gasteiger partial charge in [0.05, 0.1) is 11.7 Å². The summed E-state index contributed by atoms with van der Waals surface area (Å²) >= 11 is 0. The van der Waals surface area contributed by atoms with Crippen LogP contribution >= 0.6 is 0 Å². The van der Waals surface area contributed by atoms with Gasteiger partial charge in [-0.1, -0.05) is 25.1 Å². The average Bonchev–Trinajstić information content (AvgIpc) is 2.17. The van der Waals surface area contributed by atoms with Crippen molar-refractivity contribution in [3.8, 4) is 5.75 Å². The van der Waals surface area contributed by atoms with Crippen LogP contribution in [0.2, 0.25) is 0 Å². The maximum absolute atomic E-state index is 10.2. The van der Waals surface area contributed by atoms with E-state index in [2.05, 4.69) is 0 Å². The molecule has 1 N–H and O–H groups in total. The molecule has 0 spiro atoms. The molecule has 1 aromatic rings. The van der Waals surface area contributed by atoms with Gasteiger partial charge in [0.15, 0.2) is 0 Å². The summed E-state index contributed by atoms with van der Waals surface area (Å²) in [6, 6.07) is 7.67. The highest BCUT2D eigenvalue weighted by Gasteiger charge is 2.24. The molecule has 0 aliphatic carbocycles. The van der Waals surface area contributed by atoms with Gasteiger partial charge in [0.2, 0.25) is 0 Å². The largest absolute Gasteiger partial charge is 0.491 e. The molecule has 2 heteroatoms. The van der Waals surface area contributed by atoms with E-state index in [0.717, 1.165) is 11.3 Å². The van der Waals surface area contributed by atoms with Crippen LogP contribution in [-0.2, 0) is 5.60 Å². The third kappa shape index (κ3) is 2.96. The lowest BCUT2D eigenvalue weighted by Crippen LogP contribution is -2.21. The fourth-order valence-electron chi connectivity index (χ4n) is 1.46. The SMILES string of the molecule is CC[C@](C)(O)c1ccccc1OC(C)C. The van der Waals surface area contributed by atoms with Gasteiger partial charge in [-0.2, -0.15) is 0 Å². The Morgan fingerprint density at radius 2 is 1.93 bits per heavy atom. The van der Waals surface area contributed by atoms with Gasteiger partial charge in [0, 0.05) is 5.56 Å². The number of para-hydroxylation sites is 1. The minimum atomic E-state index is -0.814. The van der Waals surface area contributed by atoms with Crippen LogP contribution in [0, 0.1) is 0 Å². The predicted molar refractivity (Wildman–Crippen MR) is 62.1 cm³/mol. The quantitative estimate of drug-likeness (QED) is 0.824. The molecule has 0 amide bonds. The average molecular weight is 208 g/mol. The molecule has 1 atom stereocenters. The third-order valence-electron chi connectivity index (χ3n) is 2.52. The number of hydrogen-bond donors (Lipinski definition) is 1. The number of ether oxygens (including phenoxy) is 1. The fraction of sp³-hybridized carbons (Fsp3) is 0.538. The molecular weight excluding hydrogens is 188 g/mol. The van der Waals surface area contributed by atoms with Gasteiger partial charge < -0.3 is 9.84 Å². The van der Waals surface area contributed by atoms with Crippen LogP contribution in [0.4, 0.5) is 0 Å². The van der Waals surface area contributed by atoms with Crippen molar-refractivity contribution in [1.82, 2.24) is 0 Å². The second kappa shape index (κ2) is 4.67. The summed E-state index contributed by atoms with van der Waals surface area (Å²) in [6.07, 6.45) is 0.796. The Labute approximate surface area is 91.9 Å². The van der Waals surface area contributed by atoms with Crippen molar-refractivity contribution in [1.29, 1.82) is 0 Å². The summed E-state index contributed by atoms with van der Waals surface area (Å²) in [5, 5.41) is 10.2. The standard InChI is InChI=1S/C13H20O2/c1-5-13(4,14)11-8-6-7-9-12(11)15-10(2)3/h6-10,14H,5H2,1-4H3/t13-/m0/s1. The molecule has 1 aromatic carbocycles. The molecule has 0 radical (unpaired) electrons. The van der Waals surface area contributed by atoms with Crippen LogP contribution in [0.15, 0.2) is 24.3 Å². The molecule has 15 heavy (non-hydrogen) atoms. The first-order valence-corrected chi connectivity index (χ1v) is 5.46. The topological polar surface area (TPSA) is 29.5 Å². The van der Waals surface area contributed by atoms with Crippen LogP contribution in [0.3, 0.4) is 0 Å². The van der Waals surface area contributed by atoms with Crippen molar-refractivity contribution in [2.24, 2.45) is 0 Å². The molecule has 0 unspecified atom stereocenters.